The van der Waals surface area contributed by atoms with Crippen LogP contribution in [-0.2, 0) is 11.3 Å². The van der Waals surface area contributed by atoms with Gasteiger partial charge >= 0.3 is 0 Å². The first kappa shape index (κ1) is 19.2. The first-order chi connectivity index (χ1) is 9.07. The van der Waals surface area contributed by atoms with Crippen molar-refractivity contribution < 1.29 is 4.74 Å². The van der Waals surface area contributed by atoms with Crippen LogP contribution in [0.5, 0.6) is 0 Å². The van der Waals surface area contributed by atoms with Crippen molar-refractivity contribution in [3.8, 4) is 0 Å². The molecule has 0 saturated carbocycles. The monoisotopic (exact) mass is 395 g/mol. The number of rotatable bonds is 7. The minimum absolute atomic E-state index is 0. The summed E-state index contributed by atoms with van der Waals surface area (Å²) in [4.78, 5) is 8.53. The smallest absolute Gasteiger partial charge is 0.191 e. The average Bonchev–Trinajstić information content (AvgIpc) is 2.89. The van der Waals surface area contributed by atoms with Gasteiger partial charge in [-0.1, -0.05) is 0 Å². The van der Waals surface area contributed by atoms with Crippen molar-refractivity contribution in [2.45, 2.75) is 32.9 Å². The lowest BCUT2D eigenvalue weighted by Gasteiger charge is -2.21. The summed E-state index contributed by atoms with van der Waals surface area (Å²) < 4.78 is 7.38. The van der Waals surface area contributed by atoms with Crippen LogP contribution in [0.2, 0.25) is 0 Å². The SMILES string of the molecule is CCNC(=NCC(C)(C)OC)NCCn1ccnc1.I. The van der Waals surface area contributed by atoms with Crippen LogP contribution < -0.4 is 10.6 Å². The van der Waals surface area contributed by atoms with Gasteiger partial charge in [0.05, 0.1) is 18.5 Å². The van der Waals surface area contributed by atoms with Gasteiger partial charge in [-0.15, -0.1) is 24.0 Å². The second kappa shape index (κ2) is 9.98. The van der Waals surface area contributed by atoms with Crippen LogP contribution >= 0.6 is 24.0 Å². The summed E-state index contributed by atoms with van der Waals surface area (Å²) in [7, 11) is 1.70. The van der Waals surface area contributed by atoms with E-state index in [0.717, 1.165) is 25.6 Å². The van der Waals surface area contributed by atoms with E-state index in [1.807, 2.05) is 24.6 Å². The number of ether oxygens (including phenoxy) is 1. The fourth-order valence-electron chi connectivity index (χ4n) is 1.40. The van der Waals surface area contributed by atoms with Crippen LogP contribution in [0.3, 0.4) is 0 Å². The summed E-state index contributed by atoms with van der Waals surface area (Å²) >= 11 is 0. The molecule has 116 valence electrons. The van der Waals surface area contributed by atoms with Crippen molar-refractivity contribution in [2.24, 2.45) is 4.99 Å². The molecule has 0 aliphatic heterocycles. The molecule has 0 radical (unpaired) electrons. The van der Waals surface area contributed by atoms with Crippen LogP contribution in [0.4, 0.5) is 0 Å². The third-order valence-electron chi connectivity index (χ3n) is 2.74. The fourth-order valence-corrected chi connectivity index (χ4v) is 1.40. The zero-order valence-electron chi connectivity index (χ0n) is 12.7. The van der Waals surface area contributed by atoms with E-state index >= 15 is 0 Å². The minimum Gasteiger partial charge on any atom is -0.377 e. The third-order valence-corrected chi connectivity index (χ3v) is 2.74. The van der Waals surface area contributed by atoms with Crippen molar-refractivity contribution in [2.75, 3.05) is 26.7 Å². The Labute approximate surface area is 138 Å². The van der Waals surface area contributed by atoms with Gasteiger partial charge in [0.2, 0.25) is 0 Å². The fraction of sp³-hybridized carbons (Fsp3) is 0.692. The van der Waals surface area contributed by atoms with Crippen molar-refractivity contribution in [1.29, 1.82) is 0 Å². The van der Waals surface area contributed by atoms with Gasteiger partial charge in [0.1, 0.15) is 0 Å². The number of nitrogens with one attached hydrogen (secondary N) is 2. The molecule has 0 unspecified atom stereocenters. The first-order valence-corrected chi connectivity index (χ1v) is 6.60. The number of aliphatic imine (C=N–C) groups is 1. The van der Waals surface area contributed by atoms with Gasteiger partial charge in [-0.3, -0.25) is 4.99 Å². The zero-order valence-corrected chi connectivity index (χ0v) is 15.0. The molecule has 1 heterocycles. The van der Waals surface area contributed by atoms with Crippen LogP contribution in [0, 0.1) is 0 Å². The molecule has 0 aliphatic rings. The maximum Gasteiger partial charge on any atom is 0.191 e. The maximum atomic E-state index is 5.35. The van der Waals surface area contributed by atoms with E-state index in [-0.39, 0.29) is 29.6 Å². The highest BCUT2D eigenvalue weighted by Gasteiger charge is 2.15. The highest BCUT2D eigenvalue weighted by molar-refractivity contribution is 14.0. The van der Waals surface area contributed by atoms with E-state index in [1.165, 1.54) is 0 Å². The lowest BCUT2D eigenvalue weighted by Crippen LogP contribution is -2.40. The molecule has 1 aromatic heterocycles. The number of methoxy groups -OCH3 is 1. The van der Waals surface area contributed by atoms with Crippen molar-refractivity contribution in [3.63, 3.8) is 0 Å². The summed E-state index contributed by atoms with van der Waals surface area (Å²) in [6, 6.07) is 0. The van der Waals surface area contributed by atoms with Crippen molar-refractivity contribution >= 4 is 29.9 Å². The molecule has 1 aromatic rings. The molecule has 0 amide bonds. The van der Waals surface area contributed by atoms with Gasteiger partial charge in [0, 0.05) is 39.1 Å². The van der Waals surface area contributed by atoms with Crippen LogP contribution in [0.1, 0.15) is 20.8 Å². The summed E-state index contributed by atoms with van der Waals surface area (Å²) in [5, 5.41) is 6.51. The largest absolute Gasteiger partial charge is 0.377 e. The second-order valence-electron chi connectivity index (χ2n) is 4.89. The third kappa shape index (κ3) is 7.68. The van der Waals surface area contributed by atoms with Gasteiger partial charge in [0.15, 0.2) is 5.96 Å². The second-order valence-corrected chi connectivity index (χ2v) is 4.89. The van der Waals surface area contributed by atoms with E-state index in [2.05, 4.69) is 27.5 Å². The van der Waals surface area contributed by atoms with E-state index in [9.17, 15) is 0 Å². The van der Waals surface area contributed by atoms with E-state index in [0.29, 0.717) is 6.54 Å². The molecule has 0 aliphatic carbocycles. The Morgan fingerprint density at radius 1 is 1.40 bits per heavy atom. The lowest BCUT2D eigenvalue weighted by atomic mass is 10.1. The quantitative estimate of drug-likeness (QED) is 0.417. The summed E-state index contributed by atoms with van der Waals surface area (Å²) in [5.74, 6) is 0.813. The number of halogens is 1. The van der Waals surface area contributed by atoms with Crippen molar-refractivity contribution in [1.82, 2.24) is 20.2 Å². The molecule has 7 heteroatoms. The number of aromatic nitrogens is 2. The van der Waals surface area contributed by atoms with Gasteiger partial charge < -0.3 is 19.9 Å². The molecule has 6 nitrogen and oxygen atoms in total. The predicted octanol–water partition coefficient (Wildman–Crippen LogP) is 1.48. The maximum absolute atomic E-state index is 5.35. The normalized spacial score (nSPS) is 11.9. The van der Waals surface area contributed by atoms with E-state index in [4.69, 9.17) is 4.74 Å². The number of nitrogens with zero attached hydrogens (tertiary/aromatic N) is 3. The standard InChI is InChI=1S/C13H25N5O.HI/c1-5-15-12(17-10-13(2,3)19-4)16-7-9-18-8-6-14-11-18;/h6,8,11H,5,7,9-10H2,1-4H3,(H2,15,16,17);1H. The molecule has 0 saturated heterocycles. The Hall–Kier alpha value is -0.830. The molecule has 0 bridgehead atoms. The molecular formula is C13H26IN5O. The summed E-state index contributed by atoms with van der Waals surface area (Å²) in [6.45, 7) is 9.20. The Morgan fingerprint density at radius 3 is 2.70 bits per heavy atom. The molecule has 2 N–H and O–H groups in total. The highest BCUT2D eigenvalue weighted by Crippen LogP contribution is 2.06. The number of hydrogen-bond donors (Lipinski definition) is 2. The van der Waals surface area contributed by atoms with E-state index in [1.54, 1.807) is 19.6 Å². The number of guanidine groups is 1. The molecule has 0 fully saturated rings. The first-order valence-electron chi connectivity index (χ1n) is 6.60. The van der Waals surface area contributed by atoms with Gasteiger partial charge in [-0.05, 0) is 20.8 Å². The molecular weight excluding hydrogens is 369 g/mol. The Bertz CT molecular complexity index is 378. The topological polar surface area (TPSA) is 63.5 Å². The Kier molecular flexibility index (Phi) is 9.56. The summed E-state index contributed by atoms with van der Waals surface area (Å²) in [6.07, 6.45) is 5.53. The molecule has 0 aromatic carbocycles. The highest BCUT2D eigenvalue weighted by atomic mass is 127. The Morgan fingerprint density at radius 2 is 2.15 bits per heavy atom. The molecule has 0 spiro atoms. The van der Waals surface area contributed by atoms with Gasteiger partial charge in [-0.2, -0.15) is 0 Å². The van der Waals surface area contributed by atoms with Crippen LogP contribution in [-0.4, -0.2) is 47.9 Å². The van der Waals surface area contributed by atoms with Gasteiger partial charge in [0.25, 0.3) is 0 Å². The number of hydrogen-bond acceptors (Lipinski definition) is 3. The molecule has 0 atom stereocenters. The number of imidazole rings is 1. The summed E-state index contributed by atoms with van der Waals surface area (Å²) in [5.41, 5.74) is -0.243. The van der Waals surface area contributed by atoms with Crippen molar-refractivity contribution in [3.05, 3.63) is 18.7 Å². The lowest BCUT2D eigenvalue weighted by molar-refractivity contribution is 0.0310. The molecule has 1 rings (SSSR count). The average molecular weight is 395 g/mol. The van der Waals surface area contributed by atoms with Crippen LogP contribution in [0.25, 0.3) is 0 Å². The zero-order chi connectivity index (χ0) is 14.1. The minimum atomic E-state index is -0.243. The van der Waals surface area contributed by atoms with Gasteiger partial charge in [-0.25, -0.2) is 4.98 Å². The van der Waals surface area contributed by atoms with E-state index < -0.39 is 0 Å². The molecule has 20 heavy (non-hydrogen) atoms. The predicted molar refractivity (Wildman–Crippen MR) is 92.7 cm³/mol. The van der Waals surface area contributed by atoms with Crippen LogP contribution in [0.15, 0.2) is 23.7 Å². The Balaban J connectivity index is 0.00000361.